The maximum Gasteiger partial charge on any atom is 0.138 e. The Hall–Kier alpha value is -0.380. The summed E-state index contributed by atoms with van der Waals surface area (Å²) in [5.41, 5.74) is 1.17. The lowest BCUT2D eigenvalue weighted by atomic mass is 10.1. The van der Waals surface area contributed by atoms with Gasteiger partial charge in [-0.05, 0) is 48.3 Å². The molecule has 2 nitrogen and oxygen atoms in total. The standard InChI is InChI=1S/C12H17NOS.ClH/c14-12(9-11-4-8-15-10-11)3-7-13-5-1-2-6-13;/h4,8,10H,1-3,5-7,9H2;1H. The summed E-state index contributed by atoms with van der Waals surface area (Å²) >= 11 is 1.66. The van der Waals surface area contributed by atoms with E-state index < -0.39 is 0 Å². The van der Waals surface area contributed by atoms with Crippen LogP contribution in [0.4, 0.5) is 0 Å². The van der Waals surface area contributed by atoms with Crippen LogP contribution in [0.15, 0.2) is 16.8 Å². The molecule has 4 heteroatoms. The second-order valence-corrected chi connectivity index (χ2v) is 4.93. The van der Waals surface area contributed by atoms with Gasteiger partial charge in [0.2, 0.25) is 0 Å². The third-order valence-corrected chi connectivity index (χ3v) is 3.62. The molecule has 0 saturated carbocycles. The summed E-state index contributed by atoms with van der Waals surface area (Å²) in [7, 11) is 0. The van der Waals surface area contributed by atoms with Gasteiger partial charge >= 0.3 is 0 Å². The van der Waals surface area contributed by atoms with Crippen LogP contribution in [0.25, 0.3) is 0 Å². The largest absolute Gasteiger partial charge is 0.303 e. The zero-order valence-corrected chi connectivity index (χ0v) is 11.0. The first-order chi connectivity index (χ1) is 7.34. The van der Waals surface area contributed by atoms with Crippen molar-refractivity contribution in [2.45, 2.75) is 25.7 Å². The van der Waals surface area contributed by atoms with Gasteiger partial charge in [0.15, 0.2) is 0 Å². The second kappa shape index (κ2) is 7.05. The lowest BCUT2D eigenvalue weighted by Crippen LogP contribution is -2.23. The van der Waals surface area contributed by atoms with Crippen LogP contribution in [0.2, 0.25) is 0 Å². The number of carbonyl (C=O) groups is 1. The van der Waals surface area contributed by atoms with Crippen molar-refractivity contribution in [2.24, 2.45) is 0 Å². The van der Waals surface area contributed by atoms with Gasteiger partial charge in [0, 0.05) is 19.4 Å². The minimum atomic E-state index is 0. The van der Waals surface area contributed by atoms with Crippen LogP contribution in [0.3, 0.4) is 0 Å². The van der Waals surface area contributed by atoms with Gasteiger partial charge in [-0.15, -0.1) is 12.4 Å². The van der Waals surface area contributed by atoms with Gasteiger partial charge in [0.05, 0.1) is 0 Å². The number of carbonyl (C=O) groups excluding carboxylic acids is 1. The molecule has 2 heterocycles. The van der Waals surface area contributed by atoms with Crippen molar-refractivity contribution in [2.75, 3.05) is 19.6 Å². The maximum absolute atomic E-state index is 11.6. The van der Waals surface area contributed by atoms with Gasteiger partial charge < -0.3 is 4.90 Å². The van der Waals surface area contributed by atoms with Crippen LogP contribution in [0.1, 0.15) is 24.8 Å². The highest BCUT2D eigenvalue weighted by Gasteiger charge is 2.12. The number of hydrogen-bond donors (Lipinski definition) is 0. The first-order valence-corrected chi connectivity index (χ1v) is 6.54. The second-order valence-electron chi connectivity index (χ2n) is 4.15. The molecular weight excluding hydrogens is 242 g/mol. The summed E-state index contributed by atoms with van der Waals surface area (Å²) in [6.07, 6.45) is 3.95. The molecule has 1 aliphatic rings. The van der Waals surface area contributed by atoms with Gasteiger partial charge in [-0.1, -0.05) is 0 Å². The van der Waals surface area contributed by atoms with Gasteiger partial charge in [0.1, 0.15) is 5.78 Å². The molecule has 2 rings (SSSR count). The Balaban J connectivity index is 0.00000128. The highest BCUT2D eigenvalue weighted by Crippen LogP contribution is 2.10. The first kappa shape index (κ1) is 13.7. The Kier molecular flexibility index (Phi) is 6.03. The van der Waals surface area contributed by atoms with E-state index >= 15 is 0 Å². The molecule has 16 heavy (non-hydrogen) atoms. The Bertz CT molecular complexity index is 307. The van der Waals surface area contributed by atoms with Crippen molar-refractivity contribution < 1.29 is 4.79 Å². The summed E-state index contributed by atoms with van der Waals surface area (Å²) < 4.78 is 0. The highest BCUT2D eigenvalue weighted by molar-refractivity contribution is 7.07. The normalized spacial score (nSPS) is 16.0. The van der Waals surface area contributed by atoms with E-state index in [2.05, 4.69) is 10.3 Å². The topological polar surface area (TPSA) is 20.3 Å². The molecule has 1 fully saturated rings. The quantitative estimate of drug-likeness (QED) is 0.811. The minimum Gasteiger partial charge on any atom is -0.303 e. The van der Waals surface area contributed by atoms with E-state index in [0.29, 0.717) is 12.2 Å². The fourth-order valence-corrected chi connectivity index (χ4v) is 2.67. The molecule has 0 radical (unpaired) electrons. The molecule has 0 unspecified atom stereocenters. The van der Waals surface area contributed by atoms with Crippen LogP contribution in [-0.4, -0.2) is 30.3 Å². The molecule has 0 atom stereocenters. The van der Waals surface area contributed by atoms with Gasteiger partial charge in [0.25, 0.3) is 0 Å². The Morgan fingerprint density at radius 2 is 2.12 bits per heavy atom. The molecule has 1 aliphatic heterocycles. The molecule has 1 aromatic heterocycles. The number of rotatable bonds is 5. The molecular formula is C12H18ClNOS. The average Bonchev–Trinajstić information content (AvgIpc) is 2.86. The minimum absolute atomic E-state index is 0. The fourth-order valence-electron chi connectivity index (χ4n) is 2.00. The molecule has 0 spiro atoms. The average molecular weight is 260 g/mol. The molecule has 0 amide bonds. The van der Waals surface area contributed by atoms with E-state index in [4.69, 9.17) is 0 Å². The smallest absolute Gasteiger partial charge is 0.138 e. The summed E-state index contributed by atoms with van der Waals surface area (Å²) in [4.78, 5) is 14.0. The van der Waals surface area contributed by atoms with Crippen molar-refractivity contribution in [1.82, 2.24) is 4.90 Å². The van der Waals surface area contributed by atoms with Gasteiger partial charge in [-0.3, -0.25) is 4.79 Å². The Morgan fingerprint density at radius 1 is 1.38 bits per heavy atom. The first-order valence-electron chi connectivity index (χ1n) is 5.60. The third-order valence-electron chi connectivity index (χ3n) is 2.89. The van der Waals surface area contributed by atoms with E-state index in [1.54, 1.807) is 11.3 Å². The Morgan fingerprint density at radius 3 is 2.75 bits per heavy atom. The molecule has 1 aromatic rings. The summed E-state index contributed by atoms with van der Waals surface area (Å²) in [5, 5.41) is 4.09. The van der Waals surface area contributed by atoms with Crippen molar-refractivity contribution in [3.63, 3.8) is 0 Å². The molecule has 90 valence electrons. The van der Waals surface area contributed by atoms with E-state index in [1.807, 2.05) is 11.4 Å². The fraction of sp³-hybridized carbons (Fsp3) is 0.583. The SMILES string of the molecule is Cl.O=C(CCN1CCCC1)Cc1ccsc1. The van der Waals surface area contributed by atoms with E-state index in [9.17, 15) is 4.79 Å². The number of hydrogen-bond acceptors (Lipinski definition) is 3. The summed E-state index contributed by atoms with van der Waals surface area (Å²) in [6, 6.07) is 2.04. The lowest BCUT2D eigenvalue weighted by molar-refractivity contribution is -0.118. The monoisotopic (exact) mass is 259 g/mol. The van der Waals surface area contributed by atoms with Crippen LogP contribution in [-0.2, 0) is 11.2 Å². The number of thiophene rings is 1. The predicted molar refractivity (Wildman–Crippen MR) is 70.6 cm³/mol. The number of Topliss-reactive ketones (excluding diaryl/α,β-unsaturated/α-hetero) is 1. The van der Waals surface area contributed by atoms with E-state index in [1.165, 1.54) is 31.5 Å². The summed E-state index contributed by atoms with van der Waals surface area (Å²) in [5.74, 6) is 0.375. The number of ketones is 1. The number of nitrogens with zero attached hydrogens (tertiary/aromatic N) is 1. The third kappa shape index (κ3) is 4.24. The predicted octanol–water partition coefficient (Wildman–Crippen LogP) is 2.77. The number of likely N-dealkylation sites (tertiary alicyclic amines) is 1. The van der Waals surface area contributed by atoms with Crippen molar-refractivity contribution in [1.29, 1.82) is 0 Å². The van der Waals surface area contributed by atoms with E-state index in [0.717, 1.165) is 13.0 Å². The summed E-state index contributed by atoms with van der Waals surface area (Å²) in [6.45, 7) is 3.33. The zero-order valence-electron chi connectivity index (χ0n) is 9.35. The van der Waals surface area contributed by atoms with Crippen molar-refractivity contribution >= 4 is 29.5 Å². The Labute approximate surface area is 107 Å². The van der Waals surface area contributed by atoms with Crippen molar-refractivity contribution in [3.05, 3.63) is 22.4 Å². The highest BCUT2D eigenvalue weighted by atomic mass is 35.5. The number of halogens is 1. The maximum atomic E-state index is 11.6. The van der Waals surface area contributed by atoms with Crippen LogP contribution in [0, 0.1) is 0 Å². The molecule has 0 N–H and O–H groups in total. The van der Waals surface area contributed by atoms with Crippen LogP contribution in [0.5, 0.6) is 0 Å². The van der Waals surface area contributed by atoms with Crippen LogP contribution >= 0.6 is 23.7 Å². The van der Waals surface area contributed by atoms with Gasteiger partial charge in [-0.2, -0.15) is 11.3 Å². The lowest BCUT2D eigenvalue weighted by Gasteiger charge is -2.13. The zero-order chi connectivity index (χ0) is 10.5. The van der Waals surface area contributed by atoms with Crippen LogP contribution < -0.4 is 0 Å². The molecule has 1 saturated heterocycles. The molecule has 0 aromatic carbocycles. The van der Waals surface area contributed by atoms with Gasteiger partial charge in [-0.25, -0.2) is 0 Å². The van der Waals surface area contributed by atoms with E-state index in [-0.39, 0.29) is 12.4 Å². The van der Waals surface area contributed by atoms with Crippen molar-refractivity contribution in [3.8, 4) is 0 Å². The molecule has 0 bridgehead atoms. The molecule has 0 aliphatic carbocycles.